The van der Waals surface area contributed by atoms with Crippen LogP contribution in [-0.4, -0.2) is 22.9 Å². The molecule has 1 aliphatic rings. The SMILES string of the molecule is Cn1nc(N)c2cccc(N3CCCC3)c21. The minimum atomic E-state index is 0.624. The number of nitrogen functional groups attached to an aromatic ring is 1. The Hall–Kier alpha value is -1.71. The zero-order valence-corrected chi connectivity index (χ0v) is 9.48. The first-order valence-electron chi connectivity index (χ1n) is 5.73. The first-order valence-corrected chi connectivity index (χ1v) is 5.73. The number of hydrogen-bond acceptors (Lipinski definition) is 3. The van der Waals surface area contributed by atoms with Gasteiger partial charge in [-0.05, 0) is 25.0 Å². The highest BCUT2D eigenvalue weighted by molar-refractivity contribution is 5.97. The van der Waals surface area contributed by atoms with Crippen molar-refractivity contribution < 1.29 is 0 Å². The number of para-hydroxylation sites is 1. The summed E-state index contributed by atoms with van der Waals surface area (Å²) < 4.78 is 1.89. The summed E-state index contributed by atoms with van der Waals surface area (Å²) in [6, 6.07) is 6.26. The molecule has 0 bridgehead atoms. The van der Waals surface area contributed by atoms with Gasteiger partial charge in [0.05, 0.1) is 11.2 Å². The molecule has 2 N–H and O–H groups in total. The van der Waals surface area contributed by atoms with Crippen molar-refractivity contribution in [1.82, 2.24) is 9.78 Å². The molecule has 1 aliphatic heterocycles. The van der Waals surface area contributed by atoms with Gasteiger partial charge in [0.25, 0.3) is 0 Å². The number of hydrogen-bond donors (Lipinski definition) is 1. The fraction of sp³-hybridized carbons (Fsp3) is 0.417. The molecule has 0 spiro atoms. The lowest BCUT2D eigenvalue weighted by Crippen LogP contribution is -2.18. The smallest absolute Gasteiger partial charge is 0.153 e. The van der Waals surface area contributed by atoms with E-state index in [1.807, 2.05) is 17.8 Å². The Morgan fingerprint density at radius 1 is 1.25 bits per heavy atom. The van der Waals surface area contributed by atoms with Crippen LogP contribution in [0.2, 0.25) is 0 Å². The minimum absolute atomic E-state index is 0.624. The number of aromatic nitrogens is 2. The van der Waals surface area contributed by atoms with E-state index in [1.165, 1.54) is 18.5 Å². The molecule has 0 saturated carbocycles. The van der Waals surface area contributed by atoms with Crippen LogP contribution in [-0.2, 0) is 7.05 Å². The standard InChI is InChI=1S/C12H16N4/c1-15-11-9(12(13)14-15)5-4-6-10(11)16-7-2-3-8-16/h4-6H,2-3,7-8H2,1H3,(H2,13,14). The average molecular weight is 216 g/mol. The number of nitrogens with two attached hydrogens (primary N) is 1. The third kappa shape index (κ3) is 1.26. The van der Waals surface area contributed by atoms with Crippen molar-refractivity contribution in [3.63, 3.8) is 0 Å². The van der Waals surface area contributed by atoms with Crippen LogP contribution in [0, 0.1) is 0 Å². The van der Waals surface area contributed by atoms with Gasteiger partial charge in [0.2, 0.25) is 0 Å². The molecule has 1 aromatic heterocycles. The molecular formula is C12H16N4. The monoisotopic (exact) mass is 216 g/mol. The summed E-state index contributed by atoms with van der Waals surface area (Å²) in [7, 11) is 1.96. The largest absolute Gasteiger partial charge is 0.382 e. The molecule has 0 aliphatic carbocycles. The Balaban J connectivity index is 2.23. The van der Waals surface area contributed by atoms with Crippen LogP contribution in [0.15, 0.2) is 18.2 Å². The highest BCUT2D eigenvalue weighted by atomic mass is 15.3. The highest BCUT2D eigenvalue weighted by Gasteiger charge is 2.17. The van der Waals surface area contributed by atoms with E-state index >= 15 is 0 Å². The quantitative estimate of drug-likeness (QED) is 0.790. The summed E-state index contributed by atoms with van der Waals surface area (Å²) in [5.41, 5.74) is 8.31. The summed E-state index contributed by atoms with van der Waals surface area (Å²) in [4.78, 5) is 2.42. The number of benzene rings is 1. The number of rotatable bonds is 1. The van der Waals surface area contributed by atoms with Gasteiger partial charge in [-0.15, -0.1) is 0 Å². The van der Waals surface area contributed by atoms with Gasteiger partial charge in [-0.2, -0.15) is 5.10 Å². The fourth-order valence-electron chi connectivity index (χ4n) is 2.56. The Labute approximate surface area is 94.6 Å². The van der Waals surface area contributed by atoms with E-state index in [0.717, 1.165) is 24.0 Å². The molecule has 2 heterocycles. The van der Waals surface area contributed by atoms with Gasteiger partial charge >= 0.3 is 0 Å². The zero-order chi connectivity index (χ0) is 11.1. The van der Waals surface area contributed by atoms with Crippen LogP contribution in [0.1, 0.15) is 12.8 Å². The van der Waals surface area contributed by atoms with Gasteiger partial charge in [0.1, 0.15) is 0 Å². The molecular weight excluding hydrogens is 200 g/mol. The van der Waals surface area contributed by atoms with E-state index < -0.39 is 0 Å². The lowest BCUT2D eigenvalue weighted by Gasteiger charge is -2.18. The number of fused-ring (bicyclic) bond motifs is 1. The lowest BCUT2D eigenvalue weighted by molar-refractivity contribution is 0.798. The second-order valence-electron chi connectivity index (χ2n) is 4.38. The van der Waals surface area contributed by atoms with Gasteiger partial charge in [0.15, 0.2) is 5.82 Å². The van der Waals surface area contributed by atoms with Crippen LogP contribution in [0.25, 0.3) is 10.9 Å². The lowest BCUT2D eigenvalue weighted by atomic mass is 10.2. The second kappa shape index (κ2) is 3.40. The molecule has 0 unspecified atom stereocenters. The highest BCUT2D eigenvalue weighted by Crippen LogP contribution is 2.31. The van der Waals surface area contributed by atoms with E-state index in [0.29, 0.717) is 5.82 Å². The van der Waals surface area contributed by atoms with Crippen molar-refractivity contribution in [3.05, 3.63) is 18.2 Å². The Bertz CT molecular complexity index is 523. The normalized spacial score (nSPS) is 16.2. The predicted octanol–water partition coefficient (Wildman–Crippen LogP) is 1.76. The molecule has 4 heteroatoms. The van der Waals surface area contributed by atoms with E-state index in [4.69, 9.17) is 5.73 Å². The molecule has 3 rings (SSSR count). The first-order chi connectivity index (χ1) is 7.77. The molecule has 0 radical (unpaired) electrons. The molecule has 16 heavy (non-hydrogen) atoms. The Morgan fingerprint density at radius 2 is 2.00 bits per heavy atom. The van der Waals surface area contributed by atoms with E-state index in [-0.39, 0.29) is 0 Å². The number of aryl methyl sites for hydroxylation is 1. The molecule has 1 saturated heterocycles. The Kier molecular flexibility index (Phi) is 2.02. The Morgan fingerprint density at radius 3 is 2.75 bits per heavy atom. The van der Waals surface area contributed by atoms with Crippen molar-refractivity contribution in [2.24, 2.45) is 7.05 Å². The molecule has 0 atom stereocenters. The van der Waals surface area contributed by atoms with Crippen molar-refractivity contribution in [2.45, 2.75) is 12.8 Å². The third-order valence-corrected chi connectivity index (χ3v) is 3.32. The van der Waals surface area contributed by atoms with Gasteiger partial charge in [-0.3, -0.25) is 4.68 Å². The summed E-state index contributed by atoms with van der Waals surface area (Å²) in [5, 5.41) is 5.35. The van der Waals surface area contributed by atoms with Crippen LogP contribution in [0.3, 0.4) is 0 Å². The molecule has 2 aromatic rings. The van der Waals surface area contributed by atoms with E-state index in [2.05, 4.69) is 22.1 Å². The molecule has 84 valence electrons. The van der Waals surface area contributed by atoms with Crippen LogP contribution in [0.4, 0.5) is 11.5 Å². The van der Waals surface area contributed by atoms with Crippen LogP contribution >= 0.6 is 0 Å². The van der Waals surface area contributed by atoms with Gasteiger partial charge in [0, 0.05) is 25.5 Å². The number of anilines is 2. The summed E-state index contributed by atoms with van der Waals surface area (Å²) in [6.45, 7) is 2.29. The number of nitrogens with zero attached hydrogens (tertiary/aromatic N) is 3. The topological polar surface area (TPSA) is 47.1 Å². The zero-order valence-electron chi connectivity index (χ0n) is 9.48. The summed E-state index contributed by atoms with van der Waals surface area (Å²) in [6.07, 6.45) is 2.56. The maximum Gasteiger partial charge on any atom is 0.153 e. The average Bonchev–Trinajstić information content (AvgIpc) is 2.88. The molecule has 1 aromatic carbocycles. The van der Waals surface area contributed by atoms with Crippen molar-refractivity contribution >= 4 is 22.4 Å². The third-order valence-electron chi connectivity index (χ3n) is 3.32. The summed E-state index contributed by atoms with van der Waals surface area (Å²) in [5.74, 6) is 0.624. The second-order valence-corrected chi connectivity index (χ2v) is 4.38. The van der Waals surface area contributed by atoms with Crippen molar-refractivity contribution in [1.29, 1.82) is 0 Å². The fourth-order valence-corrected chi connectivity index (χ4v) is 2.56. The molecule has 1 fully saturated rings. The van der Waals surface area contributed by atoms with Crippen LogP contribution in [0.5, 0.6) is 0 Å². The van der Waals surface area contributed by atoms with E-state index in [9.17, 15) is 0 Å². The first kappa shape index (κ1) is 9.51. The maximum atomic E-state index is 5.89. The van der Waals surface area contributed by atoms with Gasteiger partial charge in [-0.25, -0.2) is 0 Å². The van der Waals surface area contributed by atoms with Crippen LogP contribution < -0.4 is 10.6 Å². The summed E-state index contributed by atoms with van der Waals surface area (Å²) >= 11 is 0. The van der Waals surface area contributed by atoms with E-state index in [1.54, 1.807) is 0 Å². The molecule has 4 nitrogen and oxygen atoms in total. The molecule has 0 amide bonds. The van der Waals surface area contributed by atoms with Crippen molar-refractivity contribution in [2.75, 3.05) is 23.7 Å². The maximum absolute atomic E-state index is 5.89. The minimum Gasteiger partial charge on any atom is -0.382 e. The predicted molar refractivity (Wildman–Crippen MR) is 66.6 cm³/mol. The van der Waals surface area contributed by atoms with Gasteiger partial charge in [-0.1, -0.05) is 6.07 Å². The van der Waals surface area contributed by atoms with Gasteiger partial charge < -0.3 is 10.6 Å². The van der Waals surface area contributed by atoms with Crippen molar-refractivity contribution in [3.8, 4) is 0 Å².